The summed E-state index contributed by atoms with van der Waals surface area (Å²) in [7, 11) is -2.42. The Balaban J connectivity index is 1.80. The Morgan fingerprint density at radius 2 is 1.83 bits per heavy atom. The van der Waals surface area contributed by atoms with E-state index in [0.29, 0.717) is 16.2 Å². The SMILES string of the molecule is COc1ccc(S(=O)(=O)c2csc3c2NC(=O)C[C@H]3c2ccc(F)c(F)c2)cc1. The molecule has 5 nitrogen and oxygen atoms in total. The highest BCUT2D eigenvalue weighted by Gasteiger charge is 2.34. The summed E-state index contributed by atoms with van der Waals surface area (Å²) in [6.07, 6.45) is 0.0145. The summed E-state index contributed by atoms with van der Waals surface area (Å²) < 4.78 is 58.3. The minimum atomic E-state index is -3.90. The lowest BCUT2D eigenvalue weighted by molar-refractivity contribution is -0.116. The third-order valence-corrected chi connectivity index (χ3v) is 7.80. The number of ether oxygens (including phenoxy) is 1. The van der Waals surface area contributed by atoms with Crippen molar-refractivity contribution in [3.8, 4) is 5.75 Å². The minimum Gasteiger partial charge on any atom is -0.497 e. The Labute approximate surface area is 169 Å². The number of halogens is 2. The van der Waals surface area contributed by atoms with Crippen LogP contribution in [0.5, 0.6) is 5.75 Å². The molecule has 0 saturated heterocycles. The maximum Gasteiger partial charge on any atom is 0.225 e. The maximum atomic E-state index is 13.7. The monoisotopic (exact) mass is 435 g/mol. The topological polar surface area (TPSA) is 72.5 Å². The van der Waals surface area contributed by atoms with Gasteiger partial charge in [-0.1, -0.05) is 6.07 Å². The van der Waals surface area contributed by atoms with Crippen LogP contribution in [0.4, 0.5) is 14.5 Å². The summed E-state index contributed by atoms with van der Waals surface area (Å²) in [6, 6.07) is 9.37. The summed E-state index contributed by atoms with van der Waals surface area (Å²) in [5.41, 5.74) is 0.604. The van der Waals surface area contributed by atoms with Crippen LogP contribution in [0.3, 0.4) is 0 Å². The van der Waals surface area contributed by atoms with Crippen molar-refractivity contribution in [1.29, 1.82) is 0 Å². The fourth-order valence-corrected chi connectivity index (χ4v) is 6.19. The van der Waals surface area contributed by atoms with Crippen LogP contribution in [-0.2, 0) is 14.6 Å². The van der Waals surface area contributed by atoms with Crippen molar-refractivity contribution in [2.45, 2.75) is 22.1 Å². The van der Waals surface area contributed by atoms with Gasteiger partial charge in [-0.25, -0.2) is 17.2 Å². The van der Waals surface area contributed by atoms with Crippen molar-refractivity contribution in [2.24, 2.45) is 0 Å². The molecule has 0 radical (unpaired) electrons. The number of methoxy groups -OCH3 is 1. The largest absolute Gasteiger partial charge is 0.497 e. The molecule has 0 spiro atoms. The van der Waals surface area contributed by atoms with Gasteiger partial charge in [0, 0.05) is 22.6 Å². The minimum absolute atomic E-state index is 0.0145. The predicted octanol–water partition coefficient (Wildman–Crippen LogP) is 4.34. The van der Waals surface area contributed by atoms with Gasteiger partial charge >= 0.3 is 0 Å². The first kappa shape index (κ1) is 19.5. The number of thiophene rings is 1. The first-order valence-corrected chi connectivity index (χ1v) is 10.9. The maximum absolute atomic E-state index is 13.7. The molecular formula is C20H15F2NO4S2. The standard InChI is InChI=1S/C20H15F2NO4S2/c1-27-12-3-5-13(6-4-12)29(25,26)17-10-28-20-14(9-18(24)23-19(17)20)11-2-7-15(21)16(22)8-11/h2-8,10,14H,9H2,1H3,(H,23,24)/t14-/m0/s1. The number of fused-ring (bicyclic) bond motifs is 1. The summed E-state index contributed by atoms with van der Waals surface area (Å²) in [6.45, 7) is 0. The van der Waals surface area contributed by atoms with Crippen molar-refractivity contribution >= 4 is 32.8 Å². The first-order valence-electron chi connectivity index (χ1n) is 8.56. The Bertz CT molecular complexity index is 1200. The number of amides is 1. The Morgan fingerprint density at radius 1 is 1.10 bits per heavy atom. The number of benzene rings is 2. The van der Waals surface area contributed by atoms with E-state index in [9.17, 15) is 22.0 Å². The van der Waals surface area contributed by atoms with Gasteiger partial charge in [-0.15, -0.1) is 11.3 Å². The zero-order valence-corrected chi connectivity index (χ0v) is 16.7. The lowest BCUT2D eigenvalue weighted by Gasteiger charge is -2.23. The second-order valence-corrected chi connectivity index (χ2v) is 9.33. The van der Waals surface area contributed by atoms with Crippen LogP contribution >= 0.6 is 11.3 Å². The van der Waals surface area contributed by atoms with Crippen molar-refractivity contribution in [3.63, 3.8) is 0 Å². The van der Waals surface area contributed by atoms with Crippen LogP contribution in [0.2, 0.25) is 0 Å². The molecule has 1 atom stereocenters. The van der Waals surface area contributed by atoms with Gasteiger partial charge in [0.05, 0.1) is 17.7 Å². The smallest absolute Gasteiger partial charge is 0.225 e. The fourth-order valence-electron chi connectivity index (χ4n) is 3.28. The molecule has 2 aromatic carbocycles. The van der Waals surface area contributed by atoms with Crippen LogP contribution < -0.4 is 10.1 Å². The molecule has 4 rings (SSSR count). The number of hydrogen-bond acceptors (Lipinski definition) is 5. The lowest BCUT2D eigenvalue weighted by Crippen LogP contribution is -2.23. The van der Waals surface area contributed by atoms with Crippen molar-refractivity contribution in [1.82, 2.24) is 0 Å². The van der Waals surface area contributed by atoms with Crippen LogP contribution in [0.1, 0.15) is 22.8 Å². The summed E-state index contributed by atoms with van der Waals surface area (Å²) in [4.78, 5) is 12.9. The third-order valence-electron chi connectivity index (χ3n) is 4.76. The second-order valence-electron chi connectivity index (χ2n) is 6.50. The Hall–Kier alpha value is -2.78. The molecule has 0 fully saturated rings. The third kappa shape index (κ3) is 3.40. The zero-order valence-electron chi connectivity index (χ0n) is 15.1. The molecule has 1 amide bonds. The van der Waals surface area contributed by atoms with Crippen LogP contribution in [0.25, 0.3) is 0 Å². The molecule has 0 saturated carbocycles. The molecule has 0 aliphatic carbocycles. The van der Waals surface area contributed by atoms with E-state index in [0.717, 1.165) is 23.5 Å². The number of carbonyl (C=O) groups excluding carboxylic acids is 1. The highest BCUT2D eigenvalue weighted by molar-refractivity contribution is 7.91. The fraction of sp³-hybridized carbons (Fsp3) is 0.150. The predicted molar refractivity (Wildman–Crippen MR) is 104 cm³/mol. The average molecular weight is 435 g/mol. The van der Waals surface area contributed by atoms with Crippen LogP contribution in [0.15, 0.2) is 57.6 Å². The van der Waals surface area contributed by atoms with E-state index in [-0.39, 0.29) is 21.9 Å². The van der Waals surface area contributed by atoms with Crippen molar-refractivity contribution < 1.29 is 26.7 Å². The van der Waals surface area contributed by atoms with E-state index in [1.54, 1.807) is 0 Å². The molecule has 29 heavy (non-hydrogen) atoms. The highest BCUT2D eigenvalue weighted by atomic mass is 32.2. The van der Waals surface area contributed by atoms with E-state index in [4.69, 9.17) is 4.74 Å². The van der Waals surface area contributed by atoms with Gasteiger partial charge in [0.15, 0.2) is 11.6 Å². The first-order chi connectivity index (χ1) is 13.8. The van der Waals surface area contributed by atoms with Gasteiger partial charge in [-0.3, -0.25) is 4.79 Å². The highest BCUT2D eigenvalue weighted by Crippen LogP contribution is 2.46. The van der Waals surface area contributed by atoms with E-state index >= 15 is 0 Å². The number of nitrogens with one attached hydrogen (secondary N) is 1. The second kappa shape index (κ2) is 7.23. The molecule has 150 valence electrons. The normalized spacial score (nSPS) is 16.2. The molecular weight excluding hydrogens is 420 g/mol. The summed E-state index contributed by atoms with van der Waals surface area (Å²) >= 11 is 1.16. The van der Waals surface area contributed by atoms with E-state index in [2.05, 4.69) is 5.32 Å². The molecule has 0 unspecified atom stereocenters. The molecule has 2 heterocycles. The number of anilines is 1. The van der Waals surface area contributed by atoms with E-state index < -0.39 is 33.3 Å². The quantitative estimate of drug-likeness (QED) is 0.662. The lowest BCUT2D eigenvalue weighted by atomic mass is 9.90. The molecule has 1 aromatic heterocycles. The molecule has 9 heteroatoms. The Morgan fingerprint density at radius 3 is 2.48 bits per heavy atom. The molecule has 1 aliphatic rings. The summed E-state index contributed by atoms with van der Waals surface area (Å²) in [5.74, 6) is -2.43. The average Bonchev–Trinajstić information content (AvgIpc) is 3.14. The van der Waals surface area contributed by atoms with Gasteiger partial charge in [0.25, 0.3) is 0 Å². The summed E-state index contributed by atoms with van der Waals surface area (Å²) in [5, 5.41) is 4.09. The molecule has 0 bridgehead atoms. The number of sulfone groups is 1. The van der Waals surface area contributed by atoms with Crippen molar-refractivity contribution in [2.75, 3.05) is 12.4 Å². The van der Waals surface area contributed by atoms with Gasteiger partial charge in [-0.05, 0) is 42.0 Å². The Kier molecular flexibility index (Phi) is 4.87. The van der Waals surface area contributed by atoms with Crippen molar-refractivity contribution in [3.05, 3.63) is 69.9 Å². The molecule has 1 aliphatic heterocycles. The molecule has 1 N–H and O–H groups in total. The zero-order chi connectivity index (χ0) is 20.8. The number of rotatable bonds is 4. The molecule has 3 aromatic rings. The van der Waals surface area contributed by atoms with Crippen LogP contribution in [-0.4, -0.2) is 21.4 Å². The van der Waals surface area contributed by atoms with Gasteiger partial charge < -0.3 is 10.1 Å². The number of carbonyl (C=O) groups is 1. The van der Waals surface area contributed by atoms with Gasteiger partial charge in [-0.2, -0.15) is 0 Å². The van der Waals surface area contributed by atoms with E-state index in [1.165, 1.54) is 42.8 Å². The van der Waals surface area contributed by atoms with Crippen LogP contribution in [0, 0.1) is 11.6 Å². The van der Waals surface area contributed by atoms with Gasteiger partial charge in [0.1, 0.15) is 10.6 Å². The van der Waals surface area contributed by atoms with E-state index in [1.807, 2.05) is 0 Å². The van der Waals surface area contributed by atoms with Gasteiger partial charge in [0.2, 0.25) is 15.7 Å². The number of hydrogen-bond donors (Lipinski definition) is 1.